The van der Waals surface area contributed by atoms with E-state index in [1.54, 1.807) is 0 Å². The van der Waals surface area contributed by atoms with Crippen LogP contribution >= 0.6 is 0 Å². The summed E-state index contributed by atoms with van der Waals surface area (Å²) in [6, 6.07) is 25.4. The van der Waals surface area contributed by atoms with Gasteiger partial charge in [-0.15, -0.1) is 0 Å². The van der Waals surface area contributed by atoms with Gasteiger partial charge in [-0.25, -0.2) is 0 Å². The average molecular weight is 270 g/mol. The van der Waals surface area contributed by atoms with E-state index in [2.05, 4.69) is 55.5 Å². The Morgan fingerprint density at radius 1 is 0.667 bits per heavy atom. The molecule has 0 bridgehead atoms. The summed E-state index contributed by atoms with van der Waals surface area (Å²) in [5.74, 6) is 1.92. The largest absolute Gasteiger partial charge is 0.458 e. The predicted molar refractivity (Wildman–Crippen MR) is 88.8 cm³/mol. The van der Waals surface area contributed by atoms with Crippen LogP contribution in [0.4, 0.5) is 0 Å². The maximum atomic E-state index is 6.05. The zero-order chi connectivity index (χ0) is 14.2. The van der Waals surface area contributed by atoms with Crippen LogP contribution in [-0.4, -0.2) is 6.71 Å². The molecule has 1 aliphatic rings. The molecule has 21 heavy (non-hydrogen) atoms. The van der Waals surface area contributed by atoms with Crippen LogP contribution in [0.2, 0.25) is 0 Å². The minimum absolute atomic E-state index is 0.242. The van der Waals surface area contributed by atoms with Crippen LogP contribution in [0.25, 0.3) is 0 Å². The molecule has 0 unspecified atom stereocenters. The maximum absolute atomic E-state index is 6.05. The number of ether oxygens (including phenoxy) is 1. The predicted octanol–water partition coefficient (Wildman–Crippen LogP) is 2.62. The van der Waals surface area contributed by atoms with Gasteiger partial charge in [0.2, 0.25) is 0 Å². The van der Waals surface area contributed by atoms with Gasteiger partial charge in [0.05, 0.1) is 0 Å². The third-order valence-corrected chi connectivity index (χ3v) is 4.09. The summed E-state index contributed by atoms with van der Waals surface area (Å²) in [7, 11) is 0. The quantitative estimate of drug-likeness (QED) is 0.483. The molecule has 0 spiro atoms. The lowest BCUT2D eigenvalue weighted by molar-refractivity contribution is 0.487. The van der Waals surface area contributed by atoms with Gasteiger partial charge in [-0.05, 0) is 30.0 Å². The molecule has 4 rings (SSSR count). The van der Waals surface area contributed by atoms with Gasteiger partial charge >= 0.3 is 0 Å². The van der Waals surface area contributed by atoms with E-state index in [1.807, 2.05) is 24.3 Å². The van der Waals surface area contributed by atoms with E-state index in [4.69, 9.17) is 4.74 Å². The molecule has 1 aliphatic heterocycles. The van der Waals surface area contributed by atoms with E-state index in [9.17, 15) is 0 Å². The lowest BCUT2D eigenvalue weighted by Crippen LogP contribution is -2.54. The van der Waals surface area contributed by atoms with E-state index < -0.39 is 0 Å². The molecule has 1 nitrogen and oxygen atoms in total. The SMILES string of the molecule is Cc1ccc(B2c3ccccc3Oc3ccccc32)cc1. The molecule has 100 valence electrons. The van der Waals surface area contributed by atoms with E-state index >= 15 is 0 Å². The molecular formula is C19H15BO. The van der Waals surface area contributed by atoms with Gasteiger partial charge in [-0.2, -0.15) is 0 Å². The number of benzene rings is 3. The number of hydrogen-bond acceptors (Lipinski definition) is 1. The molecule has 0 N–H and O–H groups in total. The Morgan fingerprint density at radius 2 is 1.19 bits per heavy atom. The summed E-state index contributed by atoms with van der Waals surface area (Å²) >= 11 is 0. The van der Waals surface area contributed by atoms with Crippen LogP contribution in [0.15, 0.2) is 72.8 Å². The summed E-state index contributed by atoms with van der Waals surface area (Å²) < 4.78 is 6.05. The Balaban J connectivity index is 1.95. The lowest BCUT2D eigenvalue weighted by atomic mass is 9.36. The van der Waals surface area contributed by atoms with Crippen molar-refractivity contribution in [3.05, 3.63) is 78.4 Å². The summed E-state index contributed by atoms with van der Waals surface area (Å²) in [5.41, 5.74) is 5.07. The van der Waals surface area contributed by atoms with Gasteiger partial charge in [0.1, 0.15) is 11.5 Å². The molecule has 2 heteroatoms. The van der Waals surface area contributed by atoms with Crippen molar-refractivity contribution < 1.29 is 4.74 Å². The van der Waals surface area contributed by atoms with Crippen molar-refractivity contribution in [1.82, 2.24) is 0 Å². The number of aryl methyl sites for hydroxylation is 1. The Kier molecular flexibility index (Phi) is 2.82. The molecule has 3 aromatic carbocycles. The third-order valence-electron chi connectivity index (χ3n) is 4.09. The molecule has 0 aromatic heterocycles. The summed E-state index contributed by atoms with van der Waals surface area (Å²) in [6.07, 6.45) is 0. The van der Waals surface area contributed by atoms with E-state index in [0.717, 1.165) is 11.5 Å². The fourth-order valence-corrected chi connectivity index (χ4v) is 3.03. The minimum atomic E-state index is 0.242. The van der Waals surface area contributed by atoms with Crippen molar-refractivity contribution in [3.63, 3.8) is 0 Å². The Labute approximate surface area is 125 Å². The highest BCUT2D eigenvalue weighted by atomic mass is 16.5. The normalized spacial score (nSPS) is 12.3. The number of hydrogen-bond donors (Lipinski definition) is 0. The molecule has 0 atom stereocenters. The standard InChI is InChI=1S/C19H15BO/c1-14-10-12-15(13-11-14)20-16-6-2-4-8-18(16)21-19-9-5-3-7-17(19)20/h2-13H,1H3. The molecule has 0 saturated carbocycles. The molecule has 3 aromatic rings. The van der Waals surface area contributed by atoms with Crippen molar-refractivity contribution in [2.75, 3.05) is 0 Å². The smallest absolute Gasteiger partial charge is 0.250 e. The fourth-order valence-electron chi connectivity index (χ4n) is 3.03. The molecule has 0 aliphatic carbocycles. The summed E-state index contributed by atoms with van der Waals surface area (Å²) in [5, 5.41) is 0. The maximum Gasteiger partial charge on any atom is 0.250 e. The molecule has 0 radical (unpaired) electrons. The second-order valence-electron chi connectivity index (χ2n) is 5.52. The zero-order valence-corrected chi connectivity index (χ0v) is 11.9. The Hall–Kier alpha value is -2.48. The van der Waals surface area contributed by atoms with Crippen molar-refractivity contribution in [3.8, 4) is 11.5 Å². The van der Waals surface area contributed by atoms with Crippen LogP contribution in [-0.2, 0) is 0 Å². The van der Waals surface area contributed by atoms with Crippen LogP contribution in [0, 0.1) is 6.92 Å². The molecule has 1 heterocycles. The second-order valence-corrected chi connectivity index (χ2v) is 5.52. The van der Waals surface area contributed by atoms with Crippen LogP contribution in [0.3, 0.4) is 0 Å². The molecule has 0 saturated heterocycles. The minimum Gasteiger partial charge on any atom is -0.458 e. The number of fused-ring (bicyclic) bond motifs is 2. The van der Waals surface area contributed by atoms with Crippen LogP contribution < -0.4 is 21.1 Å². The van der Waals surface area contributed by atoms with Gasteiger partial charge in [0.25, 0.3) is 6.71 Å². The first-order chi connectivity index (χ1) is 10.3. The zero-order valence-electron chi connectivity index (χ0n) is 11.9. The Morgan fingerprint density at radius 3 is 1.76 bits per heavy atom. The van der Waals surface area contributed by atoms with Gasteiger partial charge in [0.15, 0.2) is 0 Å². The van der Waals surface area contributed by atoms with E-state index in [-0.39, 0.29) is 6.71 Å². The molecule has 0 fully saturated rings. The lowest BCUT2D eigenvalue weighted by Gasteiger charge is -2.26. The van der Waals surface area contributed by atoms with Gasteiger partial charge < -0.3 is 4.74 Å². The van der Waals surface area contributed by atoms with E-state index in [0.29, 0.717) is 0 Å². The van der Waals surface area contributed by atoms with Crippen molar-refractivity contribution in [2.45, 2.75) is 6.92 Å². The summed E-state index contributed by atoms with van der Waals surface area (Å²) in [4.78, 5) is 0. The highest BCUT2D eigenvalue weighted by Crippen LogP contribution is 2.23. The average Bonchev–Trinajstić information content (AvgIpc) is 2.53. The molecular weight excluding hydrogens is 255 g/mol. The fraction of sp³-hybridized carbons (Fsp3) is 0.0526. The second kappa shape index (κ2) is 4.82. The third kappa shape index (κ3) is 2.04. The monoisotopic (exact) mass is 270 g/mol. The topological polar surface area (TPSA) is 9.23 Å². The van der Waals surface area contributed by atoms with Gasteiger partial charge in [-0.3, -0.25) is 0 Å². The summed E-state index contributed by atoms with van der Waals surface area (Å²) in [6.45, 7) is 2.36. The van der Waals surface area contributed by atoms with Gasteiger partial charge in [0, 0.05) is 0 Å². The highest BCUT2D eigenvalue weighted by molar-refractivity contribution is 6.96. The first kappa shape index (κ1) is 12.3. The first-order valence-electron chi connectivity index (χ1n) is 7.25. The van der Waals surface area contributed by atoms with E-state index in [1.165, 1.54) is 22.0 Å². The van der Waals surface area contributed by atoms with Crippen LogP contribution in [0.1, 0.15) is 5.56 Å². The van der Waals surface area contributed by atoms with Crippen molar-refractivity contribution in [1.29, 1.82) is 0 Å². The van der Waals surface area contributed by atoms with Crippen molar-refractivity contribution in [2.24, 2.45) is 0 Å². The highest BCUT2D eigenvalue weighted by Gasteiger charge is 2.31. The Bertz CT molecular complexity index is 747. The first-order valence-corrected chi connectivity index (χ1v) is 7.25. The number of rotatable bonds is 1. The molecule has 0 amide bonds. The number of para-hydroxylation sites is 2. The van der Waals surface area contributed by atoms with Crippen LogP contribution in [0.5, 0.6) is 11.5 Å². The van der Waals surface area contributed by atoms with Gasteiger partial charge in [-0.1, -0.05) is 71.7 Å². The van der Waals surface area contributed by atoms with Crippen molar-refractivity contribution >= 4 is 23.1 Å².